The number of carbonyl (C=O) groups is 1. The molecule has 0 atom stereocenters. The number of primary amides is 1. The van der Waals surface area contributed by atoms with Crippen molar-refractivity contribution in [1.29, 1.82) is 0 Å². The van der Waals surface area contributed by atoms with Crippen LogP contribution in [0.1, 0.15) is 10.5 Å². The van der Waals surface area contributed by atoms with Crippen molar-refractivity contribution in [3.63, 3.8) is 0 Å². The van der Waals surface area contributed by atoms with Gasteiger partial charge >= 0.3 is 0 Å². The summed E-state index contributed by atoms with van der Waals surface area (Å²) in [5.74, 6) is -0.766. The van der Waals surface area contributed by atoms with Crippen molar-refractivity contribution >= 4 is 15.9 Å². The molecule has 0 saturated carbocycles. The minimum atomic E-state index is -3.43. The minimum absolute atomic E-state index is 0.0968. The van der Waals surface area contributed by atoms with Gasteiger partial charge in [-0.05, 0) is 5.21 Å². The first-order chi connectivity index (χ1) is 6.32. The van der Waals surface area contributed by atoms with E-state index in [1.807, 2.05) is 0 Å². The molecule has 1 heterocycles. The van der Waals surface area contributed by atoms with E-state index in [4.69, 9.17) is 5.73 Å². The second kappa shape index (κ2) is 3.25. The van der Waals surface area contributed by atoms with Gasteiger partial charge in [0.25, 0.3) is 5.91 Å². The van der Waals surface area contributed by atoms with E-state index in [9.17, 15) is 13.2 Å². The fourth-order valence-electron chi connectivity index (χ4n) is 0.658. The van der Waals surface area contributed by atoms with E-state index in [0.717, 1.165) is 21.7 Å². The number of hydrogen-bond donors (Lipinski definition) is 1. The van der Waals surface area contributed by atoms with Gasteiger partial charge in [-0.15, -0.1) is 9.89 Å². The van der Waals surface area contributed by atoms with Crippen LogP contribution in [0.2, 0.25) is 0 Å². The van der Waals surface area contributed by atoms with Gasteiger partial charge in [-0.3, -0.25) is 4.79 Å². The molecule has 1 aromatic rings. The average molecular weight is 219 g/mol. The van der Waals surface area contributed by atoms with Crippen LogP contribution >= 0.6 is 0 Å². The standard InChI is InChI=1S/C5H9N5O3S/c1-9(14(2,12)13)10-3-4(5(6)11)7-8-10/h3H,1-2H3,(H2,6,11). The van der Waals surface area contributed by atoms with Crippen LogP contribution in [-0.2, 0) is 10.0 Å². The van der Waals surface area contributed by atoms with Crippen LogP contribution in [0, 0.1) is 0 Å². The molecular weight excluding hydrogens is 210 g/mol. The Morgan fingerprint density at radius 3 is 2.57 bits per heavy atom. The van der Waals surface area contributed by atoms with Crippen molar-refractivity contribution in [3.8, 4) is 0 Å². The summed E-state index contributed by atoms with van der Waals surface area (Å²) in [7, 11) is -2.15. The Kier molecular flexibility index (Phi) is 2.43. The smallest absolute Gasteiger partial charge is 0.270 e. The third-order valence-electron chi connectivity index (χ3n) is 1.50. The lowest BCUT2D eigenvalue weighted by Crippen LogP contribution is -2.36. The first kappa shape index (κ1) is 10.4. The third kappa shape index (κ3) is 1.99. The molecule has 1 aromatic heterocycles. The fourth-order valence-corrected chi connectivity index (χ4v) is 1.04. The summed E-state index contributed by atoms with van der Waals surface area (Å²) in [4.78, 5) is 11.5. The Balaban J connectivity index is 3.04. The van der Waals surface area contributed by atoms with Crippen LogP contribution in [0.4, 0.5) is 0 Å². The molecule has 2 N–H and O–H groups in total. The molecule has 78 valence electrons. The zero-order valence-corrected chi connectivity index (χ0v) is 8.39. The van der Waals surface area contributed by atoms with E-state index >= 15 is 0 Å². The maximum absolute atomic E-state index is 11.0. The minimum Gasteiger partial charge on any atom is -0.364 e. The van der Waals surface area contributed by atoms with Crippen LogP contribution in [-0.4, -0.2) is 42.7 Å². The normalized spacial score (nSPS) is 11.3. The molecule has 9 heteroatoms. The fraction of sp³-hybridized carbons (Fsp3) is 0.400. The molecule has 0 fully saturated rings. The van der Waals surface area contributed by atoms with E-state index in [1.54, 1.807) is 0 Å². The SMILES string of the molecule is CN(n1cc(C(N)=O)nn1)S(C)(=O)=O. The predicted octanol–water partition coefficient (Wildman–Crippen LogP) is -2.10. The second-order valence-electron chi connectivity index (χ2n) is 2.59. The first-order valence-electron chi connectivity index (χ1n) is 3.48. The summed E-state index contributed by atoms with van der Waals surface area (Å²) in [6, 6.07) is 0. The van der Waals surface area contributed by atoms with E-state index in [-0.39, 0.29) is 5.69 Å². The highest BCUT2D eigenvalue weighted by Crippen LogP contribution is 1.95. The molecule has 1 rings (SSSR count). The van der Waals surface area contributed by atoms with Gasteiger partial charge < -0.3 is 5.73 Å². The van der Waals surface area contributed by atoms with Crippen molar-refractivity contribution < 1.29 is 13.2 Å². The Bertz CT molecular complexity index is 450. The van der Waals surface area contributed by atoms with Crippen molar-refractivity contribution in [2.45, 2.75) is 0 Å². The van der Waals surface area contributed by atoms with Crippen LogP contribution in [0.5, 0.6) is 0 Å². The first-order valence-corrected chi connectivity index (χ1v) is 5.33. The van der Waals surface area contributed by atoms with Crippen molar-refractivity contribution in [3.05, 3.63) is 11.9 Å². The maximum Gasteiger partial charge on any atom is 0.270 e. The van der Waals surface area contributed by atoms with Gasteiger partial charge in [-0.1, -0.05) is 0 Å². The molecule has 0 aliphatic heterocycles. The molecule has 0 aliphatic rings. The van der Waals surface area contributed by atoms with Gasteiger partial charge in [0.15, 0.2) is 5.69 Å². The zero-order chi connectivity index (χ0) is 10.9. The molecule has 8 nitrogen and oxygen atoms in total. The molecule has 0 radical (unpaired) electrons. The summed E-state index contributed by atoms with van der Waals surface area (Å²) < 4.78 is 22.9. The predicted molar refractivity (Wildman–Crippen MR) is 47.5 cm³/mol. The Morgan fingerprint density at radius 2 is 2.21 bits per heavy atom. The highest BCUT2D eigenvalue weighted by atomic mass is 32.2. The van der Waals surface area contributed by atoms with Crippen LogP contribution < -0.4 is 10.1 Å². The monoisotopic (exact) mass is 219 g/mol. The average Bonchev–Trinajstić information content (AvgIpc) is 2.48. The quantitative estimate of drug-likeness (QED) is 0.626. The number of sulfonamides is 1. The van der Waals surface area contributed by atoms with E-state index in [1.165, 1.54) is 7.05 Å². The highest BCUT2D eigenvalue weighted by Gasteiger charge is 2.14. The molecule has 0 aromatic carbocycles. The summed E-state index contributed by atoms with van der Waals surface area (Å²) in [5.41, 5.74) is 4.82. The third-order valence-corrected chi connectivity index (χ3v) is 2.63. The second-order valence-corrected chi connectivity index (χ2v) is 4.58. The van der Waals surface area contributed by atoms with Crippen molar-refractivity contribution in [2.24, 2.45) is 5.73 Å². The van der Waals surface area contributed by atoms with Crippen molar-refractivity contribution in [1.82, 2.24) is 15.1 Å². The summed E-state index contributed by atoms with van der Waals surface area (Å²) in [6.07, 6.45) is 2.13. The largest absolute Gasteiger partial charge is 0.364 e. The number of rotatable bonds is 3. The molecule has 0 aliphatic carbocycles. The molecule has 0 bridgehead atoms. The molecule has 0 saturated heterocycles. The Hall–Kier alpha value is -1.64. The van der Waals surface area contributed by atoms with Gasteiger partial charge in [0, 0.05) is 7.05 Å². The molecular formula is C5H9N5O3S. The summed E-state index contributed by atoms with van der Waals surface area (Å²) in [6.45, 7) is 0. The molecule has 14 heavy (non-hydrogen) atoms. The van der Waals surface area contributed by atoms with Gasteiger partial charge in [-0.2, -0.15) is 4.41 Å². The van der Waals surface area contributed by atoms with Crippen LogP contribution in [0.25, 0.3) is 0 Å². The van der Waals surface area contributed by atoms with Gasteiger partial charge in [0.2, 0.25) is 10.0 Å². The molecule has 0 spiro atoms. The molecule has 0 unspecified atom stereocenters. The summed E-state index contributed by atoms with van der Waals surface area (Å²) >= 11 is 0. The number of amides is 1. The van der Waals surface area contributed by atoms with Crippen molar-refractivity contribution in [2.75, 3.05) is 17.7 Å². The van der Waals surface area contributed by atoms with E-state index in [0.29, 0.717) is 0 Å². The van der Waals surface area contributed by atoms with Gasteiger partial charge in [0.05, 0.1) is 12.5 Å². The molecule has 1 amide bonds. The lowest BCUT2D eigenvalue weighted by atomic mass is 10.5. The van der Waals surface area contributed by atoms with E-state index in [2.05, 4.69) is 10.3 Å². The number of carbonyl (C=O) groups excluding carboxylic acids is 1. The van der Waals surface area contributed by atoms with Crippen LogP contribution in [0.3, 0.4) is 0 Å². The summed E-state index contributed by atoms with van der Waals surface area (Å²) in [5, 5.41) is 6.80. The highest BCUT2D eigenvalue weighted by molar-refractivity contribution is 7.91. The number of nitrogens with zero attached hydrogens (tertiary/aromatic N) is 4. The zero-order valence-electron chi connectivity index (χ0n) is 7.58. The Labute approximate surface area is 80.3 Å². The van der Waals surface area contributed by atoms with Crippen LogP contribution in [0.15, 0.2) is 6.20 Å². The topological polar surface area (TPSA) is 111 Å². The Morgan fingerprint density at radius 1 is 1.64 bits per heavy atom. The van der Waals surface area contributed by atoms with Gasteiger partial charge in [-0.25, -0.2) is 8.42 Å². The van der Waals surface area contributed by atoms with E-state index < -0.39 is 15.9 Å². The van der Waals surface area contributed by atoms with Gasteiger partial charge in [0.1, 0.15) is 0 Å². The number of hydrogen-bond acceptors (Lipinski definition) is 5. The lowest BCUT2D eigenvalue weighted by Gasteiger charge is -2.14. The number of aromatic nitrogens is 3. The lowest BCUT2D eigenvalue weighted by molar-refractivity contribution is 0.0995. The maximum atomic E-state index is 11.0. The number of nitrogens with two attached hydrogens (primary N) is 1.